The minimum Gasteiger partial charge on any atom is -0.295 e. The van der Waals surface area contributed by atoms with E-state index in [1.54, 1.807) is 19.1 Å². The van der Waals surface area contributed by atoms with E-state index < -0.39 is 0 Å². The van der Waals surface area contributed by atoms with Crippen LogP contribution in [0.1, 0.15) is 22.8 Å². The van der Waals surface area contributed by atoms with Gasteiger partial charge in [-0.05, 0) is 31.5 Å². The number of benzene rings is 1. The van der Waals surface area contributed by atoms with Crippen molar-refractivity contribution in [3.8, 4) is 0 Å². The van der Waals surface area contributed by atoms with E-state index in [2.05, 4.69) is 13.2 Å². The van der Waals surface area contributed by atoms with Gasteiger partial charge in [0.15, 0.2) is 5.78 Å². The zero-order valence-corrected chi connectivity index (χ0v) is 8.69. The summed E-state index contributed by atoms with van der Waals surface area (Å²) < 4.78 is 0. The lowest BCUT2D eigenvalue weighted by Crippen LogP contribution is -1.94. The van der Waals surface area contributed by atoms with Crippen molar-refractivity contribution in [2.45, 2.75) is 13.8 Å². The molecule has 1 nitrogen and oxygen atoms in total. The first-order valence-electron chi connectivity index (χ1n) is 3.88. The molecule has 0 spiro atoms. The molecular formula is C11H13ClO. The van der Waals surface area contributed by atoms with Gasteiger partial charge in [-0.2, -0.15) is 0 Å². The maximum absolute atomic E-state index is 11.0. The van der Waals surface area contributed by atoms with Gasteiger partial charge < -0.3 is 0 Å². The molecule has 0 aromatic heterocycles. The second-order valence-corrected chi connectivity index (χ2v) is 2.95. The summed E-state index contributed by atoms with van der Waals surface area (Å²) in [6.07, 6.45) is 0. The Balaban J connectivity index is 0.000000671. The molecule has 0 atom stereocenters. The molecule has 0 bridgehead atoms. The average Bonchev–Trinajstić information content (AvgIpc) is 2.12. The molecule has 1 aromatic carbocycles. The number of ketones is 1. The lowest BCUT2D eigenvalue weighted by molar-refractivity contribution is 0.101. The summed E-state index contributed by atoms with van der Waals surface area (Å²) in [4.78, 5) is 11.0. The van der Waals surface area contributed by atoms with E-state index in [0.717, 1.165) is 5.56 Å². The summed E-state index contributed by atoms with van der Waals surface area (Å²) >= 11 is 5.71. The van der Waals surface area contributed by atoms with Crippen molar-refractivity contribution in [1.29, 1.82) is 0 Å². The van der Waals surface area contributed by atoms with Gasteiger partial charge in [0, 0.05) is 10.6 Å². The number of aryl methyl sites for hydroxylation is 1. The van der Waals surface area contributed by atoms with Crippen molar-refractivity contribution < 1.29 is 4.79 Å². The van der Waals surface area contributed by atoms with Gasteiger partial charge in [0.1, 0.15) is 0 Å². The fourth-order valence-corrected chi connectivity index (χ4v) is 1.15. The Morgan fingerprint density at radius 2 is 1.92 bits per heavy atom. The average molecular weight is 197 g/mol. The molecule has 0 aliphatic rings. The summed E-state index contributed by atoms with van der Waals surface area (Å²) in [5, 5.41) is 0.612. The highest BCUT2D eigenvalue weighted by Gasteiger charge is 2.02. The summed E-state index contributed by atoms with van der Waals surface area (Å²) in [5.41, 5.74) is 1.68. The molecule has 1 aromatic rings. The number of rotatable bonds is 1. The van der Waals surface area contributed by atoms with E-state index in [1.165, 1.54) is 0 Å². The molecule has 0 fully saturated rings. The Morgan fingerprint density at radius 3 is 2.31 bits per heavy atom. The third kappa shape index (κ3) is 3.43. The van der Waals surface area contributed by atoms with Crippen molar-refractivity contribution in [1.82, 2.24) is 0 Å². The first kappa shape index (κ1) is 11.9. The minimum atomic E-state index is 0.0602. The monoisotopic (exact) mass is 196 g/mol. The molecule has 0 amide bonds. The number of carbonyl (C=O) groups is 1. The first-order valence-corrected chi connectivity index (χ1v) is 4.26. The van der Waals surface area contributed by atoms with Crippen molar-refractivity contribution in [3.63, 3.8) is 0 Å². The van der Waals surface area contributed by atoms with Crippen LogP contribution >= 0.6 is 11.6 Å². The highest BCUT2D eigenvalue weighted by atomic mass is 35.5. The number of Topliss-reactive ketones (excluding diaryl/α,β-unsaturated/α-hetero) is 1. The van der Waals surface area contributed by atoms with Gasteiger partial charge in [-0.1, -0.05) is 17.7 Å². The van der Waals surface area contributed by atoms with Crippen molar-refractivity contribution in [2.24, 2.45) is 0 Å². The summed E-state index contributed by atoms with van der Waals surface area (Å²) in [7, 11) is 0. The van der Waals surface area contributed by atoms with E-state index in [0.29, 0.717) is 10.6 Å². The van der Waals surface area contributed by atoms with Crippen molar-refractivity contribution >= 4 is 17.4 Å². The molecule has 0 N–H and O–H groups in total. The highest BCUT2D eigenvalue weighted by molar-refractivity contribution is 6.31. The van der Waals surface area contributed by atoms with Crippen LogP contribution in [0.2, 0.25) is 5.02 Å². The third-order valence-electron chi connectivity index (χ3n) is 1.58. The molecule has 1 rings (SSSR count). The van der Waals surface area contributed by atoms with Gasteiger partial charge in [-0.25, -0.2) is 0 Å². The number of halogens is 1. The second kappa shape index (κ2) is 5.55. The van der Waals surface area contributed by atoms with Crippen LogP contribution in [-0.4, -0.2) is 5.78 Å². The van der Waals surface area contributed by atoms with Gasteiger partial charge >= 0.3 is 0 Å². The second-order valence-electron chi connectivity index (χ2n) is 2.52. The molecule has 0 unspecified atom stereocenters. The Hall–Kier alpha value is -1.08. The number of hydrogen-bond acceptors (Lipinski definition) is 1. The lowest BCUT2D eigenvalue weighted by atomic mass is 10.1. The third-order valence-corrected chi connectivity index (χ3v) is 1.81. The quantitative estimate of drug-likeness (QED) is 0.495. The molecule has 70 valence electrons. The Bertz CT molecular complexity index is 305. The van der Waals surface area contributed by atoms with Gasteiger partial charge in [-0.3, -0.25) is 4.79 Å². The number of carbonyl (C=O) groups excluding carboxylic acids is 1. The van der Waals surface area contributed by atoms with Gasteiger partial charge in [-0.15, -0.1) is 13.2 Å². The molecule has 2 heteroatoms. The predicted molar refractivity (Wildman–Crippen MR) is 57.4 cm³/mol. The van der Waals surface area contributed by atoms with Gasteiger partial charge in [0.25, 0.3) is 0 Å². The van der Waals surface area contributed by atoms with Crippen LogP contribution in [0.3, 0.4) is 0 Å². The largest absolute Gasteiger partial charge is 0.295 e. The zero-order valence-electron chi connectivity index (χ0n) is 7.93. The summed E-state index contributed by atoms with van der Waals surface area (Å²) in [6, 6.07) is 5.32. The van der Waals surface area contributed by atoms with Crippen molar-refractivity contribution in [2.75, 3.05) is 0 Å². The highest BCUT2D eigenvalue weighted by Crippen LogP contribution is 2.15. The minimum absolute atomic E-state index is 0.0602. The van der Waals surface area contributed by atoms with Crippen LogP contribution in [0, 0.1) is 6.92 Å². The summed E-state index contributed by atoms with van der Waals surface area (Å²) in [6.45, 7) is 9.44. The maximum Gasteiger partial charge on any atom is 0.160 e. The first-order chi connectivity index (χ1) is 6.11. The normalized spacial score (nSPS) is 8.54. The van der Waals surface area contributed by atoms with E-state index in [-0.39, 0.29) is 5.78 Å². The van der Waals surface area contributed by atoms with E-state index in [1.807, 2.05) is 13.0 Å². The van der Waals surface area contributed by atoms with E-state index >= 15 is 0 Å². The number of hydrogen-bond donors (Lipinski definition) is 0. The van der Waals surface area contributed by atoms with Crippen LogP contribution in [0.25, 0.3) is 0 Å². The van der Waals surface area contributed by atoms with Crippen LogP contribution < -0.4 is 0 Å². The molecule has 0 heterocycles. The molecule has 0 aliphatic heterocycles. The fourth-order valence-electron chi connectivity index (χ4n) is 0.974. The lowest BCUT2D eigenvalue weighted by Gasteiger charge is -2.00. The van der Waals surface area contributed by atoms with E-state index in [4.69, 9.17) is 11.6 Å². The molecule has 13 heavy (non-hydrogen) atoms. The smallest absolute Gasteiger partial charge is 0.160 e. The van der Waals surface area contributed by atoms with Crippen LogP contribution in [-0.2, 0) is 0 Å². The Labute approximate surface area is 84.0 Å². The van der Waals surface area contributed by atoms with Crippen LogP contribution in [0.5, 0.6) is 0 Å². The standard InChI is InChI=1S/C9H9ClO.C2H4/c1-6-3-4-8(10)5-9(6)7(2)11;1-2/h3-5H,1-2H3;1-2H2. The van der Waals surface area contributed by atoms with Crippen LogP contribution in [0.4, 0.5) is 0 Å². The molecular weight excluding hydrogens is 184 g/mol. The molecule has 0 saturated carbocycles. The molecule has 0 radical (unpaired) electrons. The maximum atomic E-state index is 11.0. The SMILES string of the molecule is C=C.CC(=O)c1cc(Cl)ccc1C. The van der Waals surface area contributed by atoms with Gasteiger partial charge in [0.05, 0.1) is 0 Å². The van der Waals surface area contributed by atoms with E-state index in [9.17, 15) is 4.79 Å². The Kier molecular flexibility index (Phi) is 5.09. The predicted octanol–water partition coefficient (Wildman–Crippen LogP) is 3.65. The van der Waals surface area contributed by atoms with Crippen molar-refractivity contribution in [3.05, 3.63) is 47.5 Å². The zero-order chi connectivity index (χ0) is 10.4. The molecule has 0 saturated heterocycles. The Morgan fingerprint density at radius 1 is 1.38 bits per heavy atom. The van der Waals surface area contributed by atoms with Crippen LogP contribution in [0.15, 0.2) is 31.4 Å². The topological polar surface area (TPSA) is 17.1 Å². The fraction of sp³-hybridized carbons (Fsp3) is 0.182. The van der Waals surface area contributed by atoms with Gasteiger partial charge in [0.2, 0.25) is 0 Å². The molecule has 0 aliphatic carbocycles. The summed E-state index contributed by atoms with van der Waals surface area (Å²) in [5.74, 6) is 0.0602.